The molecule has 2 aromatic carbocycles. The van der Waals surface area contributed by atoms with Gasteiger partial charge < -0.3 is 10.1 Å². The number of aromatic amines is 1. The van der Waals surface area contributed by atoms with E-state index in [-0.39, 0.29) is 17.1 Å². The van der Waals surface area contributed by atoms with Crippen LogP contribution in [0.1, 0.15) is 11.4 Å². The van der Waals surface area contributed by atoms with Gasteiger partial charge >= 0.3 is 0 Å². The topological polar surface area (TPSA) is 116 Å². The second kappa shape index (κ2) is 7.54. The molecule has 2 heterocycles. The Hall–Kier alpha value is -3.64. The molecule has 0 spiro atoms. The number of tetrazole rings is 1. The van der Waals surface area contributed by atoms with E-state index >= 15 is 0 Å². The van der Waals surface area contributed by atoms with Gasteiger partial charge in [-0.15, -0.1) is 5.10 Å². The molecule has 9 heteroatoms. The molecule has 2 aromatic heterocycles. The summed E-state index contributed by atoms with van der Waals surface area (Å²) >= 11 is 1.24. The Kier molecular flexibility index (Phi) is 4.78. The van der Waals surface area contributed by atoms with Crippen LogP contribution in [0.5, 0.6) is 0 Å². The smallest absolute Gasteiger partial charge is 0.214 e. The fourth-order valence-corrected chi connectivity index (χ4v) is 3.51. The molecule has 0 atom stereocenters. The lowest BCUT2D eigenvalue weighted by molar-refractivity contribution is 0.420. The Morgan fingerprint density at radius 3 is 2.79 bits per heavy atom. The zero-order chi connectivity index (χ0) is 19.5. The average Bonchev–Trinajstić information content (AvgIpc) is 3.34. The standard InChI is InChI=1S/C19H15N7OS/c1-12-6-2-5-9-16(12)26-19(23-24-25-26)28-11-17(27)13(10-20)18-21-14-7-3-4-8-15(14)22-18/h2-9,27H,11H2,1H3,(H,21,22)/b17-13-. The van der Waals surface area contributed by atoms with E-state index in [2.05, 4.69) is 25.5 Å². The Bertz CT molecular complexity index is 1190. The number of para-hydroxylation sites is 3. The van der Waals surface area contributed by atoms with E-state index in [1.807, 2.05) is 61.5 Å². The van der Waals surface area contributed by atoms with Gasteiger partial charge in [0.25, 0.3) is 0 Å². The highest BCUT2D eigenvalue weighted by molar-refractivity contribution is 7.99. The molecule has 4 rings (SSSR count). The van der Waals surface area contributed by atoms with E-state index in [1.54, 1.807) is 4.68 Å². The van der Waals surface area contributed by atoms with Crippen LogP contribution in [-0.4, -0.2) is 41.0 Å². The number of aliphatic hydroxyl groups is 1. The van der Waals surface area contributed by atoms with Crippen molar-refractivity contribution in [3.05, 3.63) is 65.7 Å². The van der Waals surface area contributed by atoms with Crippen molar-refractivity contribution in [1.29, 1.82) is 5.26 Å². The van der Waals surface area contributed by atoms with Gasteiger partial charge in [-0.25, -0.2) is 4.98 Å². The number of aryl methyl sites for hydroxylation is 1. The summed E-state index contributed by atoms with van der Waals surface area (Å²) in [7, 11) is 0. The number of imidazole rings is 1. The normalized spacial score (nSPS) is 12.0. The first-order valence-electron chi connectivity index (χ1n) is 8.42. The molecule has 0 bridgehead atoms. The van der Waals surface area contributed by atoms with Crippen LogP contribution in [-0.2, 0) is 0 Å². The zero-order valence-electron chi connectivity index (χ0n) is 14.9. The maximum absolute atomic E-state index is 10.5. The minimum Gasteiger partial charge on any atom is -0.510 e. The largest absolute Gasteiger partial charge is 0.510 e. The lowest BCUT2D eigenvalue weighted by Gasteiger charge is -2.07. The lowest BCUT2D eigenvalue weighted by atomic mass is 10.2. The molecular formula is C19H15N7OS. The highest BCUT2D eigenvalue weighted by Crippen LogP contribution is 2.25. The number of fused-ring (bicyclic) bond motifs is 1. The second-order valence-electron chi connectivity index (χ2n) is 5.98. The molecule has 4 aromatic rings. The third-order valence-corrected chi connectivity index (χ3v) is 5.08. The van der Waals surface area contributed by atoms with Gasteiger partial charge in [0.05, 0.1) is 22.5 Å². The number of hydrogen-bond donors (Lipinski definition) is 2. The molecule has 28 heavy (non-hydrogen) atoms. The lowest BCUT2D eigenvalue weighted by Crippen LogP contribution is -2.02. The molecular weight excluding hydrogens is 374 g/mol. The molecule has 0 amide bonds. The molecule has 0 aliphatic carbocycles. The average molecular weight is 389 g/mol. The molecule has 0 aliphatic heterocycles. The van der Waals surface area contributed by atoms with Crippen molar-refractivity contribution in [3.8, 4) is 11.8 Å². The summed E-state index contributed by atoms with van der Waals surface area (Å²) in [6.07, 6.45) is 0. The Morgan fingerprint density at radius 2 is 2.00 bits per heavy atom. The minimum absolute atomic E-state index is 0.0918. The summed E-state index contributed by atoms with van der Waals surface area (Å²) in [6, 6.07) is 17.2. The fraction of sp³-hybridized carbons (Fsp3) is 0.105. The second-order valence-corrected chi connectivity index (χ2v) is 6.93. The number of rotatable bonds is 5. The quantitative estimate of drug-likeness (QED) is 0.305. The Balaban J connectivity index is 1.60. The van der Waals surface area contributed by atoms with E-state index in [1.165, 1.54) is 11.8 Å². The van der Waals surface area contributed by atoms with Crippen molar-refractivity contribution in [2.45, 2.75) is 12.1 Å². The van der Waals surface area contributed by atoms with Crippen molar-refractivity contribution >= 4 is 28.4 Å². The number of aromatic nitrogens is 6. The molecule has 0 saturated heterocycles. The molecule has 0 radical (unpaired) electrons. The SMILES string of the molecule is Cc1ccccc1-n1nnnc1SC/C(O)=C(\C#N)c1nc2ccccc2[nH]1. The van der Waals surface area contributed by atoms with Gasteiger partial charge in [-0.3, -0.25) is 0 Å². The molecule has 138 valence electrons. The van der Waals surface area contributed by atoms with Crippen LogP contribution in [0.4, 0.5) is 0 Å². The van der Waals surface area contributed by atoms with Crippen molar-refractivity contribution in [1.82, 2.24) is 30.2 Å². The van der Waals surface area contributed by atoms with Crippen LogP contribution in [0.2, 0.25) is 0 Å². The van der Waals surface area contributed by atoms with Crippen molar-refractivity contribution in [2.24, 2.45) is 0 Å². The number of allylic oxidation sites excluding steroid dienone is 1. The van der Waals surface area contributed by atoms with Crippen LogP contribution in [0.3, 0.4) is 0 Å². The van der Waals surface area contributed by atoms with Crippen molar-refractivity contribution in [2.75, 3.05) is 5.75 Å². The molecule has 0 aliphatic rings. The van der Waals surface area contributed by atoms with Crippen LogP contribution in [0.15, 0.2) is 59.4 Å². The molecule has 0 saturated carbocycles. The monoisotopic (exact) mass is 389 g/mol. The predicted octanol–water partition coefficient (Wildman–Crippen LogP) is 3.43. The summed E-state index contributed by atoms with van der Waals surface area (Å²) in [4.78, 5) is 7.44. The van der Waals surface area contributed by atoms with Crippen molar-refractivity contribution in [3.63, 3.8) is 0 Å². The first kappa shape index (κ1) is 17.8. The third kappa shape index (κ3) is 3.33. The highest BCUT2D eigenvalue weighted by atomic mass is 32.2. The number of nitrogens with zero attached hydrogens (tertiary/aromatic N) is 6. The Labute approximate surface area is 164 Å². The molecule has 0 unspecified atom stereocenters. The number of nitrogens with one attached hydrogen (secondary N) is 1. The van der Waals surface area contributed by atoms with E-state index in [0.29, 0.717) is 11.0 Å². The maximum atomic E-state index is 10.5. The molecule has 8 nitrogen and oxygen atoms in total. The predicted molar refractivity (Wildman–Crippen MR) is 106 cm³/mol. The van der Waals surface area contributed by atoms with Crippen LogP contribution in [0, 0.1) is 18.3 Å². The van der Waals surface area contributed by atoms with Gasteiger partial charge in [-0.1, -0.05) is 42.1 Å². The van der Waals surface area contributed by atoms with Gasteiger partial charge in [-0.2, -0.15) is 9.94 Å². The van der Waals surface area contributed by atoms with E-state index in [4.69, 9.17) is 0 Å². The number of nitriles is 1. The number of hydrogen-bond acceptors (Lipinski definition) is 7. The first-order chi connectivity index (χ1) is 13.7. The highest BCUT2D eigenvalue weighted by Gasteiger charge is 2.16. The van der Waals surface area contributed by atoms with Crippen molar-refractivity contribution < 1.29 is 5.11 Å². The van der Waals surface area contributed by atoms with Gasteiger partial charge in [0.15, 0.2) is 5.82 Å². The zero-order valence-corrected chi connectivity index (χ0v) is 15.7. The van der Waals surface area contributed by atoms with Gasteiger partial charge in [0.1, 0.15) is 17.4 Å². The number of aliphatic hydroxyl groups excluding tert-OH is 1. The minimum atomic E-state index is -0.0918. The number of thioether (sulfide) groups is 1. The number of H-pyrrole nitrogens is 1. The van der Waals surface area contributed by atoms with Gasteiger partial charge in [-0.05, 0) is 41.1 Å². The molecule has 2 N–H and O–H groups in total. The summed E-state index contributed by atoms with van der Waals surface area (Å²) < 4.78 is 1.61. The van der Waals surface area contributed by atoms with Crippen LogP contribution >= 0.6 is 11.8 Å². The number of benzene rings is 2. The van der Waals surface area contributed by atoms with E-state index in [0.717, 1.165) is 22.3 Å². The van der Waals surface area contributed by atoms with Crippen LogP contribution in [0.25, 0.3) is 22.3 Å². The van der Waals surface area contributed by atoms with E-state index in [9.17, 15) is 10.4 Å². The van der Waals surface area contributed by atoms with E-state index < -0.39 is 0 Å². The third-order valence-electron chi connectivity index (χ3n) is 4.15. The van der Waals surface area contributed by atoms with Crippen LogP contribution < -0.4 is 0 Å². The van der Waals surface area contributed by atoms with Gasteiger partial charge in [0.2, 0.25) is 5.16 Å². The fourth-order valence-electron chi connectivity index (χ4n) is 2.75. The maximum Gasteiger partial charge on any atom is 0.214 e. The summed E-state index contributed by atoms with van der Waals surface area (Å²) in [5.41, 5.74) is 3.51. The summed E-state index contributed by atoms with van der Waals surface area (Å²) in [5.74, 6) is 0.373. The summed E-state index contributed by atoms with van der Waals surface area (Å²) in [5, 5.41) is 32.3. The van der Waals surface area contributed by atoms with Gasteiger partial charge in [0, 0.05) is 0 Å². The first-order valence-corrected chi connectivity index (χ1v) is 9.40. The molecule has 0 fully saturated rings. The summed E-state index contributed by atoms with van der Waals surface area (Å²) in [6.45, 7) is 1.97. The Morgan fingerprint density at radius 1 is 1.21 bits per heavy atom.